The number of benzene rings is 2. The fraction of sp³-hybridized carbons (Fsp3) is 0.333. The lowest BCUT2D eigenvalue weighted by Gasteiger charge is -2.42. The van der Waals surface area contributed by atoms with Gasteiger partial charge in [0.25, 0.3) is 0 Å². The number of rotatable bonds is 5. The molecule has 0 spiro atoms. The molecule has 4 rings (SSSR count). The molecular formula is C21H21Br2ClN2O2S. The largest absolute Gasteiger partial charge is 0.380 e. The average Bonchev–Trinajstić information content (AvgIpc) is 3.03. The van der Waals surface area contributed by atoms with E-state index < -0.39 is 10.0 Å². The van der Waals surface area contributed by atoms with Crippen LogP contribution in [-0.2, 0) is 15.4 Å². The first-order valence-corrected chi connectivity index (χ1v) is 12.9. The van der Waals surface area contributed by atoms with Crippen LogP contribution < -0.4 is 10.0 Å². The fourth-order valence-corrected chi connectivity index (χ4v) is 6.93. The molecule has 8 heteroatoms. The van der Waals surface area contributed by atoms with Gasteiger partial charge in [-0.3, -0.25) is 0 Å². The number of hydrogen-bond acceptors (Lipinski definition) is 3. The van der Waals surface area contributed by atoms with Gasteiger partial charge in [0, 0.05) is 37.5 Å². The van der Waals surface area contributed by atoms with Crippen LogP contribution in [0.2, 0.25) is 5.02 Å². The molecule has 0 amide bonds. The van der Waals surface area contributed by atoms with E-state index in [1.165, 1.54) is 17.7 Å². The van der Waals surface area contributed by atoms with Gasteiger partial charge in [-0.05, 0) is 78.0 Å². The van der Waals surface area contributed by atoms with Gasteiger partial charge in [-0.25, -0.2) is 13.1 Å². The van der Waals surface area contributed by atoms with Crippen LogP contribution in [0.4, 0.5) is 5.69 Å². The van der Waals surface area contributed by atoms with Gasteiger partial charge >= 0.3 is 0 Å². The number of fused-ring (bicyclic) bond motifs is 3. The summed E-state index contributed by atoms with van der Waals surface area (Å²) >= 11 is 13.3. The molecule has 2 N–H and O–H groups in total. The predicted octanol–water partition coefficient (Wildman–Crippen LogP) is 6.01. The van der Waals surface area contributed by atoms with Crippen molar-refractivity contribution in [1.82, 2.24) is 4.72 Å². The van der Waals surface area contributed by atoms with Crippen molar-refractivity contribution in [3.8, 4) is 0 Å². The Bertz CT molecular complexity index is 1070. The van der Waals surface area contributed by atoms with Crippen molar-refractivity contribution in [2.24, 2.45) is 0 Å². The predicted molar refractivity (Wildman–Crippen MR) is 125 cm³/mol. The standard InChI is InChI=1S/C21H21Br2ClN2O2S/c1-13-3-2-4-18-21(13,19-16(22)9-10-17(23)20(19)26-18)11-12-25-29(27,28)15-7-5-14(24)6-8-15/h5-10,18,25-26H,1-4,11-12H2. The molecule has 1 heterocycles. The Balaban J connectivity index is 1.63. The molecule has 154 valence electrons. The molecule has 1 fully saturated rings. The summed E-state index contributed by atoms with van der Waals surface area (Å²) in [5.74, 6) is 0. The van der Waals surface area contributed by atoms with Crippen molar-refractivity contribution in [2.75, 3.05) is 11.9 Å². The first kappa shape index (κ1) is 21.4. The van der Waals surface area contributed by atoms with E-state index in [0.717, 1.165) is 39.5 Å². The number of hydrogen-bond donors (Lipinski definition) is 2. The summed E-state index contributed by atoms with van der Waals surface area (Å²) in [7, 11) is -3.60. The minimum absolute atomic E-state index is 0.203. The molecule has 2 aromatic carbocycles. The second kappa shape index (κ2) is 8.00. The van der Waals surface area contributed by atoms with E-state index in [-0.39, 0.29) is 16.4 Å². The van der Waals surface area contributed by atoms with Gasteiger partial charge < -0.3 is 5.32 Å². The maximum Gasteiger partial charge on any atom is 0.240 e. The van der Waals surface area contributed by atoms with Crippen LogP contribution >= 0.6 is 43.5 Å². The van der Waals surface area contributed by atoms with Crippen LogP contribution in [0.25, 0.3) is 0 Å². The monoisotopic (exact) mass is 558 g/mol. The fourth-order valence-electron chi connectivity index (χ4n) is 4.64. The van der Waals surface area contributed by atoms with E-state index in [4.69, 9.17) is 11.6 Å². The quantitative estimate of drug-likeness (QED) is 0.441. The average molecular weight is 561 g/mol. The summed E-state index contributed by atoms with van der Waals surface area (Å²) < 4.78 is 30.2. The summed E-state index contributed by atoms with van der Waals surface area (Å²) in [5, 5.41) is 4.18. The normalized spacial score (nSPS) is 23.4. The van der Waals surface area contributed by atoms with Gasteiger partial charge in [0.1, 0.15) is 0 Å². The molecule has 0 aromatic heterocycles. The maximum absolute atomic E-state index is 12.7. The van der Waals surface area contributed by atoms with Gasteiger partial charge in [-0.15, -0.1) is 0 Å². The Morgan fingerprint density at radius 3 is 2.59 bits per heavy atom. The van der Waals surface area contributed by atoms with Gasteiger partial charge in [0.05, 0.1) is 10.6 Å². The summed E-state index contributed by atoms with van der Waals surface area (Å²) in [6.45, 7) is 4.73. The number of halogens is 3. The molecule has 1 saturated carbocycles. The highest BCUT2D eigenvalue weighted by atomic mass is 79.9. The summed E-state index contributed by atoms with van der Waals surface area (Å²) in [6, 6.07) is 10.5. The molecule has 1 aliphatic carbocycles. The van der Waals surface area contributed by atoms with Crippen molar-refractivity contribution < 1.29 is 8.42 Å². The molecule has 29 heavy (non-hydrogen) atoms. The summed E-state index contributed by atoms with van der Waals surface area (Å²) in [4.78, 5) is 0.215. The molecule has 2 aliphatic rings. The van der Waals surface area contributed by atoms with Crippen molar-refractivity contribution in [3.63, 3.8) is 0 Å². The van der Waals surface area contributed by atoms with E-state index in [1.807, 2.05) is 12.1 Å². The lowest BCUT2D eigenvalue weighted by Crippen LogP contribution is -2.45. The summed E-state index contributed by atoms with van der Waals surface area (Å²) in [6.07, 6.45) is 3.69. The molecule has 0 bridgehead atoms. The Kier molecular flexibility index (Phi) is 5.90. The Morgan fingerprint density at radius 2 is 1.86 bits per heavy atom. The molecule has 2 aromatic rings. The van der Waals surface area contributed by atoms with Crippen LogP contribution in [0, 0.1) is 0 Å². The second-order valence-electron chi connectivity index (χ2n) is 7.54. The second-order valence-corrected chi connectivity index (χ2v) is 11.5. The van der Waals surface area contributed by atoms with E-state index in [1.54, 1.807) is 12.1 Å². The van der Waals surface area contributed by atoms with Crippen LogP contribution in [0.15, 0.2) is 62.4 Å². The van der Waals surface area contributed by atoms with E-state index in [9.17, 15) is 8.42 Å². The number of nitrogens with one attached hydrogen (secondary N) is 2. The minimum atomic E-state index is -3.60. The first-order chi connectivity index (χ1) is 13.8. The van der Waals surface area contributed by atoms with E-state index in [2.05, 4.69) is 48.5 Å². The third-order valence-corrected chi connectivity index (χ3v) is 9.05. The van der Waals surface area contributed by atoms with Crippen molar-refractivity contribution in [3.05, 3.63) is 68.1 Å². The minimum Gasteiger partial charge on any atom is -0.380 e. The molecule has 4 nitrogen and oxygen atoms in total. The topological polar surface area (TPSA) is 58.2 Å². The van der Waals surface area contributed by atoms with Crippen LogP contribution in [-0.4, -0.2) is 21.0 Å². The number of sulfonamides is 1. The lowest BCUT2D eigenvalue weighted by molar-refractivity contribution is 0.343. The first-order valence-electron chi connectivity index (χ1n) is 9.44. The molecule has 2 unspecified atom stereocenters. The SMILES string of the molecule is C=C1CCCC2Nc3c(Br)ccc(Br)c3C12CCNS(=O)(=O)c1ccc(Cl)cc1. The van der Waals surface area contributed by atoms with Gasteiger partial charge in [-0.1, -0.05) is 39.7 Å². The zero-order valence-electron chi connectivity index (χ0n) is 15.6. The third-order valence-electron chi connectivity index (χ3n) is 6.00. The highest BCUT2D eigenvalue weighted by Crippen LogP contribution is 2.56. The van der Waals surface area contributed by atoms with Gasteiger partial charge in [0.15, 0.2) is 0 Å². The smallest absolute Gasteiger partial charge is 0.240 e. The maximum atomic E-state index is 12.7. The molecule has 1 aliphatic heterocycles. The van der Waals surface area contributed by atoms with E-state index in [0.29, 0.717) is 18.0 Å². The molecule has 2 atom stereocenters. The Labute approximate surface area is 193 Å². The number of anilines is 1. The molecular weight excluding hydrogens is 540 g/mol. The Morgan fingerprint density at radius 1 is 1.17 bits per heavy atom. The van der Waals surface area contributed by atoms with Crippen molar-refractivity contribution >= 4 is 59.2 Å². The van der Waals surface area contributed by atoms with Gasteiger partial charge in [-0.2, -0.15) is 0 Å². The van der Waals surface area contributed by atoms with Crippen molar-refractivity contribution in [1.29, 1.82) is 0 Å². The lowest BCUT2D eigenvalue weighted by atomic mass is 9.63. The highest BCUT2D eigenvalue weighted by Gasteiger charge is 2.51. The zero-order valence-corrected chi connectivity index (χ0v) is 20.4. The Hall–Kier alpha value is -0.860. The zero-order chi connectivity index (χ0) is 20.8. The van der Waals surface area contributed by atoms with Gasteiger partial charge in [0.2, 0.25) is 10.0 Å². The van der Waals surface area contributed by atoms with E-state index >= 15 is 0 Å². The van der Waals surface area contributed by atoms with Crippen LogP contribution in [0.1, 0.15) is 31.2 Å². The van der Waals surface area contributed by atoms with Crippen molar-refractivity contribution in [2.45, 2.75) is 42.0 Å². The molecule has 0 saturated heterocycles. The third kappa shape index (κ3) is 3.69. The summed E-state index contributed by atoms with van der Waals surface area (Å²) in [5.41, 5.74) is 3.10. The highest BCUT2D eigenvalue weighted by molar-refractivity contribution is 9.11. The molecule has 0 radical (unpaired) electrons. The van der Waals surface area contributed by atoms with Crippen LogP contribution in [0.5, 0.6) is 0 Å². The van der Waals surface area contributed by atoms with Crippen LogP contribution in [0.3, 0.4) is 0 Å².